The van der Waals surface area contributed by atoms with Crippen molar-refractivity contribution in [3.05, 3.63) is 24.3 Å². The Morgan fingerprint density at radius 3 is 2.62 bits per heavy atom. The van der Waals surface area contributed by atoms with Crippen molar-refractivity contribution < 1.29 is 13.2 Å². The lowest BCUT2D eigenvalue weighted by Gasteiger charge is -2.08. The normalized spacial score (nSPS) is 11.8. The third-order valence-electron chi connectivity index (χ3n) is 3.05. The largest absolute Gasteiger partial charge is 0.494 e. The first-order valence-electron chi connectivity index (χ1n) is 7.53. The molecule has 0 fully saturated rings. The third-order valence-corrected chi connectivity index (χ3v) is 4.16. The molecule has 0 amide bonds. The van der Waals surface area contributed by atoms with Gasteiger partial charge in [0.05, 0.1) is 11.5 Å². The fourth-order valence-electron chi connectivity index (χ4n) is 1.90. The summed E-state index contributed by atoms with van der Waals surface area (Å²) in [6.07, 6.45) is 4.43. The summed E-state index contributed by atoms with van der Waals surface area (Å²) < 4.78 is 28.5. The fourth-order valence-corrected chi connectivity index (χ4v) is 2.56. The maximum Gasteiger partial charge on any atom is 0.175 e. The van der Waals surface area contributed by atoms with Gasteiger partial charge >= 0.3 is 0 Å². The Morgan fingerprint density at radius 2 is 1.95 bits per heavy atom. The zero-order valence-corrected chi connectivity index (χ0v) is 14.1. The van der Waals surface area contributed by atoms with Crippen LogP contribution in [-0.4, -0.2) is 34.4 Å². The highest BCUT2D eigenvalue weighted by molar-refractivity contribution is 7.90. The van der Waals surface area contributed by atoms with E-state index < -0.39 is 9.84 Å². The van der Waals surface area contributed by atoms with Crippen LogP contribution in [0.2, 0.25) is 0 Å². The van der Waals surface area contributed by atoms with Crippen LogP contribution < -0.4 is 10.1 Å². The zero-order valence-electron chi connectivity index (χ0n) is 13.3. The van der Waals surface area contributed by atoms with Crippen molar-refractivity contribution in [2.24, 2.45) is 5.92 Å². The van der Waals surface area contributed by atoms with Gasteiger partial charge in [-0.2, -0.15) is 0 Å². The summed E-state index contributed by atoms with van der Waals surface area (Å²) in [5.74, 6) is 1.31. The Kier molecular flexibility index (Phi) is 7.75. The van der Waals surface area contributed by atoms with Crippen molar-refractivity contribution in [3.63, 3.8) is 0 Å². The number of sulfone groups is 1. The molecule has 0 bridgehead atoms. The highest BCUT2D eigenvalue weighted by Crippen LogP contribution is 2.17. The van der Waals surface area contributed by atoms with E-state index in [9.17, 15) is 8.42 Å². The van der Waals surface area contributed by atoms with Gasteiger partial charge in [-0.25, -0.2) is 8.42 Å². The van der Waals surface area contributed by atoms with E-state index in [0.717, 1.165) is 32.4 Å². The van der Waals surface area contributed by atoms with E-state index in [1.165, 1.54) is 6.26 Å². The van der Waals surface area contributed by atoms with Gasteiger partial charge in [-0.1, -0.05) is 19.9 Å². The second-order valence-corrected chi connectivity index (χ2v) is 7.77. The molecule has 1 N–H and O–H groups in total. The van der Waals surface area contributed by atoms with Crippen molar-refractivity contribution in [1.82, 2.24) is 5.32 Å². The van der Waals surface area contributed by atoms with Gasteiger partial charge in [0, 0.05) is 6.26 Å². The van der Waals surface area contributed by atoms with Crippen LogP contribution in [0.3, 0.4) is 0 Å². The predicted molar refractivity (Wildman–Crippen MR) is 86.6 cm³/mol. The number of ether oxygens (including phenoxy) is 1. The van der Waals surface area contributed by atoms with Gasteiger partial charge in [-0.3, -0.25) is 0 Å². The topological polar surface area (TPSA) is 55.4 Å². The highest BCUT2D eigenvalue weighted by atomic mass is 32.2. The van der Waals surface area contributed by atoms with Gasteiger partial charge < -0.3 is 10.1 Å². The fraction of sp³-hybridized carbons (Fsp3) is 0.625. The molecule has 120 valence electrons. The monoisotopic (exact) mass is 313 g/mol. The molecule has 1 aromatic rings. The van der Waals surface area contributed by atoms with E-state index >= 15 is 0 Å². The minimum absolute atomic E-state index is 0.304. The minimum atomic E-state index is -3.17. The summed E-state index contributed by atoms with van der Waals surface area (Å²) in [5, 5.41) is 3.41. The molecule has 4 nitrogen and oxygen atoms in total. The van der Waals surface area contributed by atoms with Crippen molar-refractivity contribution >= 4 is 9.84 Å². The number of unbranched alkanes of at least 4 members (excludes halogenated alkanes) is 2. The van der Waals surface area contributed by atoms with Crippen LogP contribution in [0.25, 0.3) is 0 Å². The number of benzene rings is 1. The van der Waals surface area contributed by atoms with Crippen molar-refractivity contribution in [2.75, 3.05) is 26.0 Å². The van der Waals surface area contributed by atoms with E-state index in [1.807, 2.05) is 0 Å². The maximum absolute atomic E-state index is 11.4. The molecule has 0 saturated carbocycles. The van der Waals surface area contributed by atoms with Crippen LogP contribution >= 0.6 is 0 Å². The quantitative estimate of drug-likeness (QED) is 0.675. The molecule has 0 atom stereocenters. The van der Waals surface area contributed by atoms with Crippen LogP contribution in [0.4, 0.5) is 0 Å². The molecule has 0 aliphatic carbocycles. The SMILES string of the molecule is CC(C)CNCCCCCOc1cccc(S(C)(=O)=O)c1. The van der Waals surface area contributed by atoms with Gasteiger partial charge in [0.1, 0.15) is 5.75 Å². The molecule has 0 heterocycles. The molecule has 0 aliphatic heterocycles. The van der Waals surface area contributed by atoms with E-state index in [0.29, 0.717) is 23.2 Å². The van der Waals surface area contributed by atoms with Crippen molar-refractivity contribution in [2.45, 2.75) is 38.0 Å². The van der Waals surface area contributed by atoms with Crippen LogP contribution in [0.1, 0.15) is 33.1 Å². The van der Waals surface area contributed by atoms with E-state index in [1.54, 1.807) is 24.3 Å². The molecular weight excluding hydrogens is 286 g/mol. The average molecular weight is 313 g/mol. The van der Waals surface area contributed by atoms with Gasteiger partial charge in [0.2, 0.25) is 0 Å². The first-order chi connectivity index (χ1) is 9.89. The molecule has 1 aromatic carbocycles. The lowest BCUT2D eigenvalue weighted by atomic mass is 10.2. The lowest BCUT2D eigenvalue weighted by Crippen LogP contribution is -2.20. The Balaban J connectivity index is 2.19. The first-order valence-corrected chi connectivity index (χ1v) is 9.42. The standard InChI is InChI=1S/C16H27NO3S/c1-14(2)13-17-10-5-4-6-11-20-15-8-7-9-16(12-15)21(3,18)19/h7-9,12,14,17H,4-6,10-11,13H2,1-3H3. The Labute approximate surface area is 128 Å². The zero-order chi connectivity index (χ0) is 15.7. The van der Waals surface area contributed by atoms with E-state index in [4.69, 9.17) is 4.74 Å². The Hall–Kier alpha value is -1.07. The van der Waals surface area contributed by atoms with Crippen molar-refractivity contribution in [3.8, 4) is 5.75 Å². The second-order valence-electron chi connectivity index (χ2n) is 5.75. The summed E-state index contributed by atoms with van der Waals surface area (Å²) in [7, 11) is -3.17. The number of hydrogen-bond acceptors (Lipinski definition) is 4. The number of nitrogens with one attached hydrogen (secondary N) is 1. The van der Waals surface area contributed by atoms with Gasteiger partial charge in [-0.05, 0) is 56.5 Å². The average Bonchev–Trinajstić information content (AvgIpc) is 2.41. The second kappa shape index (κ2) is 9.05. The van der Waals surface area contributed by atoms with Gasteiger partial charge in [-0.15, -0.1) is 0 Å². The first kappa shape index (κ1) is 18.0. The molecule has 21 heavy (non-hydrogen) atoms. The molecule has 0 aliphatic rings. The summed E-state index contributed by atoms with van der Waals surface area (Å²) in [5.41, 5.74) is 0. The summed E-state index contributed by atoms with van der Waals surface area (Å²) in [6, 6.07) is 6.67. The summed E-state index contributed by atoms with van der Waals surface area (Å²) in [4.78, 5) is 0.304. The number of rotatable bonds is 10. The molecule has 0 unspecified atom stereocenters. The van der Waals surface area contributed by atoms with Crippen LogP contribution in [0, 0.1) is 5.92 Å². The van der Waals surface area contributed by atoms with Gasteiger partial charge in [0.15, 0.2) is 9.84 Å². The van der Waals surface area contributed by atoms with Crippen LogP contribution in [0.5, 0.6) is 5.75 Å². The molecule has 1 rings (SSSR count). The Bertz CT molecular complexity index is 512. The molecule has 0 saturated heterocycles. The van der Waals surface area contributed by atoms with Gasteiger partial charge in [0.25, 0.3) is 0 Å². The lowest BCUT2D eigenvalue weighted by molar-refractivity contribution is 0.304. The van der Waals surface area contributed by atoms with Crippen LogP contribution in [-0.2, 0) is 9.84 Å². The Morgan fingerprint density at radius 1 is 1.19 bits per heavy atom. The molecule has 0 aromatic heterocycles. The molecule has 0 radical (unpaired) electrons. The molecular formula is C16H27NO3S. The van der Waals surface area contributed by atoms with Crippen LogP contribution in [0.15, 0.2) is 29.2 Å². The molecule has 0 spiro atoms. The predicted octanol–water partition coefficient (Wildman–Crippen LogP) is 2.88. The minimum Gasteiger partial charge on any atom is -0.494 e. The van der Waals surface area contributed by atoms with Crippen molar-refractivity contribution in [1.29, 1.82) is 0 Å². The summed E-state index contributed by atoms with van der Waals surface area (Å²) in [6.45, 7) is 7.13. The maximum atomic E-state index is 11.4. The summed E-state index contributed by atoms with van der Waals surface area (Å²) >= 11 is 0. The smallest absolute Gasteiger partial charge is 0.175 e. The third kappa shape index (κ3) is 8.07. The van der Waals surface area contributed by atoms with E-state index in [2.05, 4.69) is 19.2 Å². The number of hydrogen-bond donors (Lipinski definition) is 1. The highest BCUT2D eigenvalue weighted by Gasteiger charge is 2.07. The van der Waals surface area contributed by atoms with E-state index in [-0.39, 0.29) is 0 Å². The molecule has 5 heteroatoms.